The Hall–Kier alpha value is -3.20. The van der Waals surface area contributed by atoms with E-state index in [9.17, 15) is 19.2 Å². The molecule has 1 aliphatic rings. The zero-order chi connectivity index (χ0) is 23.3. The number of fused-ring (bicyclic) bond motifs is 1. The first-order valence-corrected chi connectivity index (χ1v) is 11.3. The van der Waals surface area contributed by atoms with Gasteiger partial charge < -0.3 is 20.3 Å². The number of ether oxygens (including phenoxy) is 1. The standard InChI is InChI=1S/C23H27N3O5S/c1-14-8-10-16(11-9-14)25-19(28)12-26(3)20(29)13-31-23(30)21-17-6-4-5-7-18(17)32-22(21)24-15(2)27/h8-11H,4-7,12-13H2,1-3H3,(H,24,27)(H,25,28). The number of aryl methyl sites for hydroxylation is 2. The van der Waals surface area contributed by atoms with Gasteiger partial charge in [0.15, 0.2) is 6.61 Å². The lowest BCUT2D eigenvalue weighted by atomic mass is 9.95. The van der Waals surface area contributed by atoms with Crippen LogP contribution in [-0.4, -0.2) is 48.8 Å². The lowest BCUT2D eigenvalue weighted by molar-refractivity contribution is -0.136. The molecule has 0 radical (unpaired) electrons. The molecule has 0 fully saturated rings. The number of likely N-dealkylation sites (N-methyl/N-ethyl adjacent to an activating group) is 1. The van der Waals surface area contributed by atoms with Crippen molar-refractivity contribution < 1.29 is 23.9 Å². The maximum absolute atomic E-state index is 12.8. The number of hydrogen-bond donors (Lipinski definition) is 2. The van der Waals surface area contributed by atoms with Gasteiger partial charge in [0, 0.05) is 24.5 Å². The molecule has 0 atom stereocenters. The van der Waals surface area contributed by atoms with Gasteiger partial charge in [0.2, 0.25) is 11.8 Å². The Labute approximate surface area is 190 Å². The zero-order valence-corrected chi connectivity index (χ0v) is 19.3. The monoisotopic (exact) mass is 457 g/mol. The van der Waals surface area contributed by atoms with E-state index in [0.29, 0.717) is 16.3 Å². The van der Waals surface area contributed by atoms with Gasteiger partial charge >= 0.3 is 5.97 Å². The van der Waals surface area contributed by atoms with Gasteiger partial charge in [-0.15, -0.1) is 11.3 Å². The predicted molar refractivity (Wildman–Crippen MR) is 123 cm³/mol. The third kappa shape index (κ3) is 5.94. The number of nitrogens with one attached hydrogen (secondary N) is 2. The molecule has 0 bridgehead atoms. The number of nitrogens with zero attached hydrogens (tertiary/aromatic N) is 1. The van der Waals surface area contributed by atoms with E-state index in [1.807, 2.05) is 19.1 Å². The van der Waals surface area contributed by atoms with Gasteiger partial charge in [0.05, 0.1) is 12.1 Å². The lowest BCUT2D eigenvalue weighted by Gasteiger charge is -2.17. The summed E-state index contributed by atoms with van der Waals surface area (Å²) in [7, 11) is 1.47. The summed E-state index contributed by atoms with van der Waals surface area (Å²) in [6, 6.07) is 7.32. The molecule has 32 heavy (non-hydrogen) atoms. The molecule has 1 heterocycles. The predicted octanol–water partition coefficient (Wildman–Crippen LogP) is 3.15. The van der Waals surface area contributed by atoms with E-state index in [1.165, 1.54) is 30.2 Å². The van der Waals surface area contributed by atoms with E-state index in [1.54, 1.807) is 12.1 Å². The van der Waals surface area contributed by atoms with Gasteiger partial charge in [-0.05, 0) is 50.3 Å². The van der Waals surface area contributed by atoms with E-state index in [4.69, 9.17) is 4.74 Å². The molecular formula is C23H27N3O5S. The van der Waals surface area contributed by atoms with Gasteiger partial charge in [-0.2, -0.15) is 0 Å². The molecule has 1 aliphatic carbocycles. The van der Waals surface area contributed by atoms with Gasteiger partial charge in [0.1, 0.15) is 5.00 Å². The van der Waals surface area contributed by atoms with Crippen LogP contribution in [0.3, 0.4) is 0 Å². The highest BCUT2D eigenvalue weighted by molar-refractivity contribution is 7.17. The van der Waals surface area contributed by atoms with Crippen LogP contribution in [-0.2, 0) is 32.0 Å². The number of carbonyl (C=O) groups excluding carboxylic acids is 4. The third-order valence-electron chi connectivity index (χ3n) is 5.13. The fourth-order valence-electron chi connectivity index (χ4n) is 3.48. The van der Waals surface area contributed by atoms with Gasteiger partial charge in [-0.3, -0.25) is 14.4 Å². The summed E-state index contributed by atoms with van der Waals surface area (Å²) < 4.78 is 5.26. The molecule has 1 aromatic carbocycles. The quantitative estimate of drug-likeness (QED) is 0.622. The highest BCUT2D eigenvalue weighted by Gasteiger charge is 2.27. The van der Waals surface area contributed by atoms with Crippen LogP contribution in [0.4, 0.5) is 10.7 Å². The van der Waals surface area contributed by atoms with Crippen LogP contribution in [0.15, 0.2) is 24.3 Å². The minimum atomic E-state index is -0.640. The normalized spacial score (nSPS) is 12.5. The van der Waals surface area contributed by atoms with Crippen LogP contribution in [0.2, 0.25) is 0 Å². The molecule has 2 N–H and O–H groups in total. The molecule has 0 aliphatic heterocycles. The molecule has 9 heteroatoms. The highest BCUT2D eigenvalue weighted by atomic mass is 32.1. The summed E-state index contributed by atoms with van der Waals surface area (Å²) in [6.07, 6.45) is 3.59. The Balaban J connectivity index is 1.57. The second-order valence-electron chi connectivity index (χ2n) is 7.84. The van der Waals surface area contributed by atoms with Crippen LogP contribution < -0.4 is 10.6 Å². The number of anilines is 2. The fourth-order valence-corrected chi connectivity index (χ4v) is 4.80. The summed E-state index contributed by atoms with van der Waals surface area (Å²) in [5.74, 6) is -1.76. The molecule has 8 nitrogen and oxygen atoms in total. The number of benzene rings is 1. The Bertz CT molecular complexity index is 1030. The molecular weight excluding hydrogens is 430 g/mol. The lowest BCUT2D eigenvalue weighted by Crippen LogP contribution is -2.37. The maximum Gasteiger partial charge on any atom is 0.341 e. The summed E-state index contributed by atoms with van der Waals surface area (Å²) in [5.41, 5.74) is 2.95. The first kappa shape index (κ1) is 23.5. The molecule has 170 valence electrons. The molecule has 0 spiro atoms. The fraction of sp³-hybridized carbons (Fsp3) is 0.391. The Kier molecular flexibility index (Phi) is 7.63. The van der Waals surface area contributed by atoms with Crippen molar-refractivity contribution in [1.29, 1.82) is 0 Å². The topological polar surface area (TPSA) is 105 Å². The summed E-state index contributed by atoms with van der Waals surface area (Å²) in [5, 5.41) is 5.89. The van der Waals surface area contributed by atoms with Crippen molar-refractivity contribution in [3.63, 3.8) is 0 Å². The van der Waals surface area contributed by atoms with Crippen LogP contribution in [0.1, 0.15) is 46.1 Å². The van der Waals surface area contributed by atoms with E-state index in [2.05, 4.69) is 10.6 Å². The largest absolute Gasteiger partial charge is 0.452 e. The Morgan fingerprint density at radius 3 is 2.44 bits per heavy atom. The van der Waals surface area contributed by atoms with Crippen molar-refractivity contribution >= 4 is 45.7 Å². The molecule has 0 unspecified atom stereocenters. The van der Waals surface area contributed by atoms with Crippen LogP contribution in [0.25, 0.3) is 0 Å². The van der Waals surface area contributed by atoms with Crippen molar-refractivity contribution in [2.45, 2.75) is 39.5 Å². The molecule has 1 aromatic heterocycles. The minimum Gasteiger partial charge on any atom is -0.452 e. The van der Waals surface area contributed by atoms with Crippen LogP contribution in [0, 0.1) is 6.92 Å². The number of rotatable bonds is 7. The van der Waals surface area contributed by atoms with Crippen molar-refractivity contribution in [2.75, 3.05) is 30.8 Å². The highest BCUT2D eigenvalue weighted by Crippen LogP contribution is 2.38. The van der Waals surface area contributed by atoms with Gasteiger partial charge in [-0.1, -0.05) is 17.7 Å². The average Bonchev–Trinajstić information content (AvgIpc) is 3.10. The van der Waals surface area contributed by atoms with E-state index < -0.39 is 18.5 Å². The summed E-state index contributed by atoms with van der Waals surface area (Å²) >= 11 is 1.39. The second kappa shape index (κ2) is 10.4. The third-order valence-corrected chi connectivity index (χ3v) is 6.34. The first-order valence-electron chi connectivity index (χ1n) is 10.4. The van der Waals surface area contributed by atoms with E-state index in [-0.39, 0.29) is 18.4 Å². The van der Waals surface area contributed by atoms with Crippen LogP contribution >= 0.6 is 11.3 Å². The molecule has 3 amide bonds. The number of hydrogen-bond acceptors (Lipinski definition) is 6. The maximum atomic E-state index is 12.8. The molecule has 3 rings (SSSR count). The number of amides is 3. The van der Waals surface area contributed by atoms with Gasteiger partial charge in [-0.25, -0.2) is 4.79 Å². The Morgan fingerprint density at radius 1 is 1.06 bits per heavy atom. The number of esters is 1. The summed E-state index contributed by atoms with van der Waals surface area (Å²) in [6.45, 7) is 2.67. The molecule has 0 saturated heterocycles. The average molecular weight is 458 g/mol. The van der Waals surface area contributed by atoms with E-state index in [0.717, 1.165) is 41.7 Å². The Morgan fingerprint density at radius 2 is 1.75 bits per heavy atom. The molecule has 0 saturated carbocycles. The summed E-state index contributed by atoms with van der Waals surface area (Å²) in [4.78, 5) is 51.2. The molecule has 2 aromatic rings. The first-order chi connectivity index (χ1) is 15.2. The smallest absolute Gasteiger partial charge is 0.341 e. The van der Waals surface area contributed by atoms with Crippen LogP contribution in [0.5, 0.6) is 0 Å². The second-order valence-corrected chi connectivity index (χ2v) is 8.94. The number of thiophene rings is 1. The van der Waals surface area contributed by atoms with Crippen molar-refractivity contribution in [1.82, 2.24) is 4.90 Å². The number of carbonyl (C=O) groups is 4. The van der Waals surface area contributed by atoms with Crippen molar-refractivity contribution in [2.24, 2.45) is 0 Å². The van der Waals surface area contributed by atoms with Crippen molar-refractivity contribution in [3.05, 3.63) is 45.8 Å². The SMILES string of the molecule is CC(=O)Nc1sc2c(c1C(=O)OCC(=O)N(C)CC(=O)Nc1ccc(C)cc1)CCCC2. The van der Waals surface area contributed by atoms with Crippen molar-refractivity contribution in [3.8, 4) is 0 Å². The zero-order valence-electron chi connectivity index (χ0n) is 18.4. The minimum absolute atomic E-state index is 0.171. The van der Waals surface area contributed by atoms with E-state index >= 15 is 0 Å². The van der Waals surface area contributed by atoms with Gasteiger partial charge in [0.25, 0.3) is 5.91 Å².